The van der Waals surface area contributed by atoms with Crippen molar-refractivity contribution in [3.05, 3.63) is 35.4 Å². The molecule has 0 fully saturated rings. The van der Waals surface area contributed by atoms with Crippen LogP contribution in [0.5, 0.6) is 0 Å². The Bertz CT molecular complexity index is 612. The molecule has 32 heavy (non-hydrogen) atoms. The Hall–Kier alpha value is -1.84. The van der Waals surface area contributed by atoms with Crippen molar-refractivity contribution in [2.45, 2.75) is 123 Å². The Balaban J connectivity index is 1.91. The van der Waals surface area contributed by atoms with E-state index in [-0.39, 0.29) is 11.9 Å². The lowest BCUT2D eigenvalue weighted by Crippen LogP contribution is -2.39. The van der Waals surface area contributed by atoms with Gasteiger partial charge in [-0.25, -0.2) is 4.79 Å². The molecule has 1 rings (SSSR count). The van der Waals surface area contributed by atoms with Gasteiger partial charge in [0.05, 0.1) is 6.61 Å². The first-order chi connectivity index (χ1) is 15.5. The molecule has 1 aromatic rings. The monoisotopic (exact) mass is 445 g/mol. The molecule has 0 spiro atoms. The zero-order chi connectivity index (χ0) is 23.4. The van der Waals surface area contributed by atoms with Gasteiger partial charge in [-0.05, 0) is 32.4 Å². The number of rotatable bonds is 19. The summed E-state index contributed by atoms with van der Waals surface area (Å²) in [7, 11) is 0. The summed E-state index contributed by atoms with van der Waals surface area (Å²) in [6, 6.07) is 6.65. The molecular formula is C28H47NO3. The summed E-state index contributed by atoms with van der Waals surface area (Å²) < 4.78 is 5.32. The largest absolute Gasteiger partial charge is 0.464 e. The molecule has 0 aliphatic rings. The highest BCUT2D eigenvalue weighted by atomic mass is 16.5. The molecule has 4 heteroatoms. The van der Waals surface area contributed by atoms with Gasteiger partial charge in [-0.3, -0.25) is 4.79 Å². The van der Waals surface area contributed by atoms with Gasteiger partial charge in [0.1, 0.15) is 6.04 Å². The highest BCUT2D eigenvalue weighted by molar-refractivity contribution is 5.96. The van der Waals surface area contributed by atoms with Crippen molar-refractivity contribution in [3.63, 3.8) is 0 Å². The Morgan fingerprint density at radius 2 is 1.19 bits per heavy atom. The highest BCUT2D eigenvalue weighted by Crippen LogP contribution is 2.13. The Morgan fingerprint density at radius 1 is 0.750 bits per heavy atom. The number of carbonyl (C=O) groups excluding carboxylic acids is 2. The van der Waals surface area contributed by atoms with Gasteiger partial charge in [0, 0.05) is 5.56 Å². The number of benzene rings is 1. The van der Waals surface area contributed by atoms with Gasteiger partial charge in [0.15, 0.2) is 0 Å². The maximum absolute atomic E-state index is 12.2. The van der Waals surface area contributed by atoms with E-state index in [9.17, 15) is 9.59 Å². The highest BCUT2D eigenvalue weighted by Gasteiger charge is 2.17. The number of aryl methyl sites for hydroxylation is 1. The van der Waals surface area contributed by atoms with E-state index in [0.717, 1.165) is 18.4 Å². The molecule has 0 aliphatic carbocycles. The Morgan fingerprint density at radius 3 is 1.66 bits per heavy atom. The molecule has 0 saturated carbocycles. The van der Waals surface area contributed by atoms with Gasteiger partial charge >= 0.3 is 5.97 Å². The first kappa shape index (κ1) is 28.2. The van der Waals surface area contributed by atoms with Crippen molar-refractivity contribution in [2.24, 2.45) is 0 Å². The summed E-state index contributed by atoms with van der Waals surface area (Å²) in [6.07, 6.45) is 19.7. The van der Waals surface area contributed by atoms with Crippen LogP contribution in [0.1, 0.15) is 126 Å². The zero-order valence-electron chi connectivity index (χ0n) is 20.9. The van der Waals surface area contributed by atoms with Gasteiger partial charge in [-0.15, -0.1) is 0 Å². The predicted octanol–water partition coefficient (Wildman–Crippen LogP) is 7.53. The normalized spacial score (nSPS) is 11.8. The van der Waals surface area contributed by atoms with E-state index in [1.54, 1.807) is 19.1 Å². The summed E-state index contributed by atoms with van der Waals surface area (Å²) in [4.78, 5) is 24.3. The molecule has 0 aromatic heterocycles. The lowest BCUT2D eigenvalue weighted by Gasteiger charge is -2.13. The van der Waals surface area contributed by atoms with Crippen LogP contribution in [-0.2, 0) is 9.53 Å². The molecule has 1 atom stereocenters. The fraction of sp³-hybridized carbons (Fsp3) is 0.714. The van der Waals surface area contributed by atoms with Crippen LogP contribution in [0.15, 0.2) is 24.3 Å². The fourth-order valence-electron chi connectivity index (χ4n) is 3.81. The molecule has 1 aromatic carbocycles. The van der Waals surface area contributed by atoms with Gasteiger partial charge in [0.25, 0.3) is 5.91 Å². The molecule has 0 bridgehead atoms. The SMILES string of the molecule is CCCCCCCCCCCCCCCCCOC(=O)C(C)NC(=O)c1ccc(C)cc1. The minimum atomic E-state index is -0.639. The number of hydrogen-bond acceptors (Lipinski definition) is 3. The van der Waals surface area contributed by atoms with E-state index in [1.165, 1.54) is 83.5 Å². The quantitative estimate of drug-likeness (QED) is 0.177. The third-order valence-electron chi connectivity index (χ3n) is 6.01. The van der Waals surface area contributed by atoms with Crippen molar-refractivity contribution in [1.82, 2.24) is 5.32 Å². The maximum Gasteiger partial charge on any atom is 0.328 e. The van der Waals surface area contributed by atoms with Crippen molar-refractivity contribution in [2.75, 3.05) is 6.61 Å². The second kappa shape index (κ2) is 18.7. The number of esters is 1. The zero-order valence-corrected chi connectivity index (χ0v) is 20.9. The molecule has 4 nitrogen and oxygen atoms in total. The molecule has 182 valence electrons. The minimum Gasteiger partial charge on any atom is -0.464 e. The third-order valence-corrected chi connectivity index (χ3v) is 6.01. The van der Waals surface area contributed by atoms with Crippen LogP contribution >= 0.6 is 0 Å². The second-order valence-corrected chi connectivity index (χ2v) is 9.18. The van der Waals surface area contributed by atoms with Crippen molar-refractivity contribution in [3.8, 4) is 0 Å². The van der Waals surface area contributed by atoms with E-state index < -0.39 is 6.04 Å². The molecule has 1 unspecified atom stereocenters. The van der Waals surface area contributed by atoms with Crippen LogP contribution in [0.4, 0.5) is 0 Å². The lowest BCUT2D eigenvalue weighted by atomic mass is 10.0. The summed E-state index contributed by atoms with van der Waals surface area (Å²) in [5, 5.41) is 2.71. The molecule has 1 N–H and O–H groups in total. The molecule has 0 radical (unpaired) electrons. The maximum atomic E-state index is 12.2. The van der Waals surface area contributed by atoms with Crippen LogP contribution < -0.4 is 5.32 Å². The van der Waals surface area contributed by atoms with Gasteiger partial charge in [-0.2, -0.15) is 0 Å². The van der Waals surface area contributed by atoms with Crippen LogP contribution in [0.25, 0.3) is 0 Å². The van der Waals surface area contributed by atoms with Crippen LogP contribution in [-0.4, -0.2) is 24.5 Å². The van der Waals surface area contributed by atoms with Gasteiger partial charge in [-0.1, -0.05) is 115 Å². The number of hydrogen-bond donors (Lipinski definition) is 1. The number of ether oxygens (including phenoxy) is 1. The van der Waals surface area contributed by atoms with E-state index in [1.807, 2.05) is 19.1 Å². The average Bonchev–Trinajstić information content (AvgIpc) is 2.79. The van der Waals surface area contributed by atoms with Crippen LogP contribution in [0.3, 0.4) is 0 Å². The van der Waals surface area contributed by atoms with Crippen molar-refractivity contribution in [1.29, 1.82) is 0 Å². The molecule has 0 aliphatic heterocycles. The molecular weight excluding hydrogens is 398 g/mol. The van der Waals surface area contributed by atoms with Crippen molar-refractivity contribution >= 4 is 11.9 Å². The predicted molar refractivity (Wildman–Crippen MR) is 134 cm³/mol. The standard InChI is InChI=1S/C28H47NO3/c1-4-5-6-7-8-9-10-11-12-13-14-15-16-17-18-23-32-28(31)25(3)29-27(30)26-21-19-24(2)20-22-26/h19-22,25H,4-18,23H2,1-3H3,(H,29,30). The molecule has 1 amide bonds. The first-order valence-corrected chi connectivity index (χ1v) is 13.1. The number of amides is 1. The van der Waals surface area contributed by atoms with E-state index in [4.69, 9.17) is 4.74 Å². The minimum absolute atomic E-state index is 0.249. The lowest BCUT2D eigenvalue weighted by molar-refractivity contribution is -0.145. The number of carbonyl (C=O) groups is 2. The fourth-order valence-corrected chi connectivity index (χ4v) is 3.81. The van der Waals surface area contributed by atoms with Gasteiger partial charge < -0.3 is 10.1 Å². The van der Waals surface area contributed by atoms with E-state index in [0.29, 0.717) is 12.2 Å². The summed E-state index contributed by atoms with van der Waals surface area (Å²) in [5.74, 6) is -0.614. The van der Waals surface area contributed by atoms with Crippen molar-refractivity contribution < 1.29 is 14.3 Å². The van der Waals surface area contributed by atoms with Gasteiger partial charge in [0.2, 0.25) is 0 Å². The third kappa shape index (κ3) is 14.3. The molecule has 0 heterocycles. The van der Waals surface area contributed by atoms with E-state index in [2.05, 4.69) is 12.2 Å². The summed E-state index contributed by atoms with van der Waals surface area (Å²) >= 11 is 0. The Labute approximate surface area is 196 Å². The molecule has 0 saturated heterocycles. The summed E-state index contributed by atoms with van der Waals surface area (Å²) in [5.41, 5.74) is 1.65. The smallest absolute Gasteiger partial charge is 0.328 e. The second-order valence-electron chi connectivity index (χ2n) is 9.18. The first-order valence-electron chi connectivity index (χ1n) is 13.1. The number of unbranched alkanes of at least 4 members (excludes halogenated alkanes) is 14. The topological polar surface area (TPSA) is 55.4 Å². The van der Waals surface area contributed by atoms with Crippen LogP contribution in [0.2, 0.25) is 0 Å². The summed E-state index contributed by atoms with van der Waals surface area (Å²) in [6.45, 7) is 6.34. The van der Waals surface area contributed by atoms with Crippen LogP contribution in [0, 0.1) is 6.92 Å². The number of nitrogens with one attached hydrogen (secondary N) is 1. The average molecular weight is 446 g/mol. The van der Waals surface area contributed by atoms with E-state index >= 15 is 0 Å². The Kier molecular flexibility index (Phi) is 16.5.